The van der Waals surface area contributed by atoms with Crippen LogP contribution in [0.25, 0.3) is 0 Å². The molecule has 1 heterocycles. The number of fused-ring (bicyclic) bond motifs is 1. The number of esters is 1. The molecule has 39 heavy (non-hydrogen) atoms. The molecule has 8 heteroatoms. The van der Waals surface area contributed by atoms with E-state index in [1.807, 2.05) is 58.0 Å². The van der Waals surface area contributed by atoms with Crippen molar-refractivity contribution in [2.45, 2.75) is 40.2 Å². The molecule has 3 aromatic carbocycles. The van der Waals surface area contributed by atoms with Crippen molar-refractivity contribution in [1.29, 1.82) is 0 Å². The summed E-state index contributed by atoms with van der Waals surface area (Å²) in [7, 11) is 1.34. The van der Waals surface area contributed by atoms with E-state index < -0.39 is 12.0 Å². The fraction of sp³-hybridized carbons (Fsp3) is 0.355. The standard InChI is InChI=1S/C31H35NO7/c1-6-36-25-15-12-21(16-26(25)37-7-2)30-24-19-28(39-9-4)27(38-8-3)17-22(24)18-29(33)32(30)23-13-10-20(11-14-23)31(34)35-5/h10-17,19,30H,6-9,18H2,1-5H3/t30-/m1/s1. The first-order chi connectivity index (χ1) is 18.9. The van der Waals surface area contributed by atoms with Gasteiger partial charge in [0, 0.05) is 5.69 Å². The minimum atomic E-state index is -0.491. The second kappa shape index (κ2) is 12.6. The average Bonchev–Trinajstić information content (AvgIpc) is 2.94. The van der Waals surface area contributed by atoms with E-state index in [2.05, 4.69) is 0 Å². The number of anilines is 1. The molecule has 0 aromatic heterocycles. The normalized spacial score (nSPS) is 14.4. The molecule has 1 aliphatic rings. The highest BCUT2D eigenvalue weighted by atomic mass is 16.5. The van der Waals surface area contributed by atoms with Gasteiger partial charge in [0.05, 0.1) is 51.6 Å². The molecule has 1 atom stereocenters. The summed E-state index contributed by atoms with van der Waals surface area (Å²) in [6.45, 7) is 9.59. The van der Waals surface area contributed by atoms with Crippen LogP contribution in [0.5, 0.6) is 23.0 Å². The van der Waals surface area contributed by atoms with Crippen LogP contribution in [0, 0.1) is 0 Å². The van der Waals surface area contributed by atoms with Gasteiger partial charge in [-0.15, -0.1) is 0 Å². The van der Waals surface area contributed by atoms with Crippen molar-refractivity contribution < 1.29 is 33.3 Å². The number of carbonyl (C=O) groups is 2. The summed E-state index contributed by atoms with van der Waals surface area (Å²) >= 11 is 0. The van der Waals surface area contributed by atoms with Crippen molar-refractivity contribution in [3.05, 3.63) is 76.9 Å². The number of hydrogen-bond donors (Lipinski definition) is 0. The van der Waals surface area contributed by atoms with Gasteiger partial charge < -0.3 is 28.6 Å². The first-order valence-electron chi connectivity index (χ1n) is 13.3. The number of carbonyl (C=O) groups excluding carboxylic acids is 2. The molecule has 0 aliphatic carbocycles. The van der Waals surface area contributed by atoms with Gasteiger partial charge in [0.25, 0.3) is 0 Å². The molecule has 0 unspecified atom stereocenters. The monoisotopic (exact) mass is 533 g/mol. The van der Waals surface area contributed by atoms with Crippen LogP contribution in [0.3, 0.4) is 0 Å². The Labute approximate surface area is 229 Å². The molecule has 8 nitrogen and oxygen atoms in total. The van der Waals surface area contributed by atoms with Gasteiger partial charge in [-0.05, 0) is 92.9 Å². The lowest BCUT2D eigenvalue weighted by Gasteiger charge is -2.38. The Balaban J connectivity index is 1.91. The van der Waals surface area contributed by atoms with Crippen LogP contribution in [-0.2, 0) is 16.0 Å². The topological polar surface area (TPSA) is 83.5 Å². The minimum Gasteiger partial charge on any atom is -0.490 e. The second-order valence-electron chi connectivity index (χ2n) is 8.82. The van der Waals surface area contributed by atoms with Gasteiger partial charge in [0.2, 0.25) is 5.91 Å². The van der Waals surface area contributed by atoms with Gasteiger partial charge in [0.15, 0.2) is 23.0 Å². The number of amides is 1. The molecule has 0 radical (unpaired) electrons. The van der Waals surface area contributed by atoms with Crippen LogP contribution in [0.1, 0.15) is 60.8 Å². The second-order valence-corrected chi connectivity index (χ2v) is 8.82. The van der Waals surface area contributed by atoms with Gasteiger partial charge in [-0.2, -0.15) is 0 Å². The smallest absolute Gasteiger partial charge is 0.337 e. The zero-order valence-corrected chi connectivity index (χ0v) is 23.1. The van der Waals surface area contributed by atoms with E-state index in [1.165, 1.54) is 7.11 Å². The molecule has 1 aliphatic heterocycles. The van der Waals surface area contributed by atoms with Gasteiger partial charge in [-0.25, -0.2) is 4.79 Å². The lowest BCUT2D eigenvalue weighted by molar-refractivity contribution is -0.118. The Kier molecular flexibility index (Phi) is 8.96. The predicted molar refractivity (Wildman–Crippen MR) is 148 cm³/mol. The summed E-state index contributed by atoms with van der Waals surface area (Å²) in [5.74, 6) is 1.95. The van der Waals surface area contributed by atoms with Crippen LogP contribution < -0.4 is 23.8 Å². The highest BCUT2D eigenvalue weighted by Crippen LogP contribution is 2.45. The number of ether oxygens (including phenoxy) is 5. The van der Waals surface area contributed by atoms with Crippen molar-refractivity contribution >= 4 is 17.6 Å². The number of methoxy groups -OCH3 is 1. The van der Waals surface area contributed by atoms with Gasteiger partial charge in [-0.3, -0.25) is 4.79 Å². The highest BCUT2D eigenvalue weighted by Gasteiger charge is 2.36. The Bertz CT molecular complexity index is 1320. The van der Waals surface area contributed by atoms with E-state index in [0.29, 0.717) is 60.7 Å². The summed E-state index contributed by atoms with van der Waals surface area (Å²) in [5.41, 5.74) is 3.69. The van der Waals surface area contributed by atoms with Gasteiger partial charge >= 0.3 is 5.97 Å². The summed E-state index contributed by atoms with van der Waals surface area (Å²) in [4.78, 5) is 27.6. The van der Waals surface area contributed by atoms with E-state index in [9.17, 15) is 9.59 Å². The van der Waals surface area contributed by atoms with Crippen molar-refractivity contribution in [3.8, 4) is 23.0 Å². The maximum atomic E-state index is 13.8. The molecular formula is C31H35NO7. The Morgan fingerprint density at radius 3 is 1.92 bits per heavy atom. The quantitative estimate of drug-likeness (QED) is 0.290. The van der Waals surface area contributed by atoms with Crippen LogP contribution in [0.2, 0.25) is 0 Å². The highest BCUT2D eigenvalue weighted by molar-refractivity contribution is 5.99. The molecule has 0 fully saturated rings. The summed E-state index contributed by atoms with van der Waals surface area (Å²) in [6, 6.07) is 16.0. The lowest BCUT2D eigenvalue weighted by Crippen LogP contribution is -2.41. The van der Waals surface area contributed by atoms with Crippen LogP contribution in [0.15, 0.2) is 54.6 Å². The van der Waals surface area contributed by atoms with E-state index in [4.69, 9.17) is 23.7 Å². The molecule has 4 rings (SSSR count). The third-order valence-electron chi connectivity index (χ3n) is 6.42. The maximum Gasteiger partial charge on any atom is 0.337 e. The first kappa shape index (κ1) is 27.8. The molecule has 1 amide bonds. The summed E-state index contributed by atoms with van der Waals surface area (Å²) in [5, 5.41) is 0. The number of rotatable bonds is 11. The minimum absolute atomic E-state index is 0.0863. The lowest BCUT2D eigenvalue weighted by atomic mass is 9.86. The van der Waals surface area contributed by atoms with Crippen molar-refractivity contribution in [2.75, 3.05) is 38.4 Å². The van der Waals surface area contributed by atoms with E-state index >= 15 is 0 Å². The Morgan fingerprint density at radius 2 is 1.33 bits per heavy atom. The predicted octanol–water partition coefficient (Wildman–Crippen LogP) is 5.75. The molecule has 0 spiro atoms. The summed E-state index contributed by atoms with van der Waals surface area (Å²) in [6.07, 6.45) is 0.187. The largest absolute Gasteiger partial charge is 0.490 e. The fourth-order valence-electron chi connectivity index (χ4n) is 4.83. The Morgan fingerprint density at radius 1 is 0.769 bits per heavy atom. The molecule has 206 valence electrons. The van der Waals surface area contributed by atoms with E-state index in [0.717, 1.165) is 16.7 Å². The van der Waals surface area contributed by atoms with Crippen molar-refractivity contribution in [2.24, 2.45) is 0 Å². The van der Waals surface area contributed by atoms with Crippen LogP contribution in [-0.4, -0.2) is 45.4 Å². The summed E-state index contributed by atoms with van der Waals surface area (Å²) < 4.78 is 28.4. The zero-order chi connectivity index (χ0) is 27.9. The third-order valence-corrected chi connectivity index (χ3v) is 6.42. The number of hydrogen-bond acceptors (Lipinski definition) is 7. The molecule has 0 bridgehead atoms. The Hall–Kier alpha value is -4.20. The van der Waals surface area contributed by atoms with Crippen molar-refractivity contribution in [3.63, 3.8) is 0 Å². The van der Waals surface area contributed by atoms with E-state index in [1.54, 1.807) is 29.2 Å². The molecular weight excluding hydrogens is 498 g/mol. The van der Waals surface area contributed by atoms with Gasteiger partial charge in [0.1, 0.15) is 0 Å². The molecule has 3 aromatic rings. The van der Waals surface area contributed by atoms with Gasteiger partial charge in [-0.1, -0.05) is 6.07 Å². The maximum absolute atomic E-state index is 13.8. The number of benzene rings is 3. The molecule has 0 N–H and O–H groups in total. The average molecular weight is 534 g/mol. The third kappa shape index (κ3) is 5.79. The molecule has 0 saturated heterocycles. The van der Waals surface area contributed by atoms with Crippen molar-refractivity contribution in [1.82, 2.24) is 0 Å². The fourth-order valence-corrected chi connectivity index (χ4v) is 4.83. The van der Waals surface area contributed by atoms with Crippen LogP contribution >= 0.6 is 0 Å². The first-order valence-corrected chi connectivity index (χ1v) is 13.3. The van der Waals surface area contributed by atoms with E-state index in [-0.39, 0.29) is 12.3 Å². The van der Waals surface area contributed by atoms with Crippen LogP contribution in [0.4, 0.5) is 5.69 Å². The SMILES string of the molecule is CCOc1ccc([C@@H]2c3cc(OCC)c(OCC)cc3CC(=O)N2c2ccc(C(=O)OC)cc2)cc1OCC. The molecule has 0 saturated carbocycles. The number of nitrogens with zero attached hydrogens (tertiary/aromatic N) is 1. The zero-order valence-electron chi connectivity index (χ0n) is 23.1.